The van der Waals surface area contributed by atoms with Gasteiger partial charge in [-0.3, -0.25) is 4.90 Å². The van der Waals surface area contributed by atoms with E-state index in [2.05, 4.69) is 57.9 Å². The average molecular weight is 327 g/mol. The van der Waals surface area contributed by atoms with Crippen molar-refractivity contribution in [1.29, 1.82) is 0 Å². The van der Waals surface area contributed by atoms with Crippen molar-refractivity contribution in [2.75, 3.05) is 38.2 Å². The number of aryl methyl sites for hydroxylation is 1. The van der Waals surface area contributed by atoms with E-state index in [0.29, 0.717) is 6.04 Å². The van der Waals surface area contributed by atoms with Gasteiger partial charge in [-0.05, 0) is 60.4 Å². The first-order chi connectivity index (χ1) is 9.11. The number of likely N-dealkylation sites (N-methyl/N-ethyl adjacent to an activating group) is 1. The fourth-order valence-electron chi connectivity index (χ4n) is 2.74. The lowest BCUT2D eigenvalue weighted by Crippen LogP contribution is -2.47. The summed E-state index contributed by atoms with van der Waals surface area (Å²) in [6.07, 6.45) is 2.43. The largest absolute Gasteiger partial charge is 0.395 e. The molecule has 0 spiro atoms. The summed E-state index contributed by atoms with van der Waals surface area (Å²) in [6, 6.07) is 7.08. The molecule has 3 nitrogen and oxygen atoms in total. The average Bonchev–Trinajstić information content (AvgIpc) is 2.39. The van der Waals surface area contributed by atoms with E-state index >= 15 is 0 Å². The van der Waals surface area contributed by atoms with Crippen molar-refractivity contribution < 1.29 is 5.11 Å². The zero-order valence-corrected chi connectivity index (χ0v) is 13.4. The Labute approximate surface area is 124 Å². The van der Waals surface area contributed by atoms with Crippen molar-refractivity contribution in [2.24, 2.45) is 0 Å². The minimum absolute atomic E-state index is 0.237. The first kappa shape index (κ1) is 14.8. The van der Waals surface area contributed by atoms with Gasteiger partial charge >= 0.3 is 0 Å². The van der Waals surface area contributed by atoms with Gasteiger partial charge in [-0.15, -0.1) is 0 Å². The summed E-state index contributed by atoms with van der Waals surface area (Å²) < 4.78 is 1.18. The van der Waals surface area contributed by atoms with Gasteiger partial charge in [0.25, 0.3) is 0 Å². The zero-order chi connectivity index (χ0) is 13.8. The summed E-state index contributed by atoms with van der Waals surface area (Å²) in [5.74, 6) is 0. The molecule has 0 radical (unpaired) electrons. The number of hydrogen-bond donors (Lipinski definition) is 1. The van der Waals surface area contributed by atoms with Crippen LogP contribution < -0.4 is 4.90 Å². The standard InChI is InChI=1S/C15H23BrN2O/c1-12-5-6-15(14(16)10-12)18-7-3-4-13(11-18)17(2)8-9-19/h5-6,10,13,19H,3-4,7-9,11H2,1-2H3. The highest BCUT2D eigenvalue weighted by atomic mass is 79.9. The van der Waals surface area contributed by atoms with Gasteiger partial charge in [-0.1, -0.05) is 6.07 Å². The number of halogens is 1. The van der Waals surface area contributed by atoms with E-state index in [4.69, 9.17) is 5.11 Å². The minimum atomic E-state index is 0.237. The van der Waals surface area contributed by atoms with Gasteiger partial charge in [0.05, 0.1) is 12.3 Å². The second-order valence-corrected chi connectivity index (χ2v) is 6.26. The first-order valence-corrected chi connectivity index (χ1v) is 7.73. The van der Waals surface area contributed by atoms with Gasteiger partial charge in [-0.25, -0.2) is 0 Å². The molecular weight excluding hydrogens is 304 g/mol. The second kappa shape index (κ2) is 6.73. The molecule has 1 fully saturated rings. The Hall–Kier alpha value is -0.580. The third kappa shape index (κ3) is 3.71. The second-order valence-electron chi connectivity index (χ2n) is 5.40. The predicted octanol–water partition coefficient (Wildman–Crippen LogP) is 2.65. The summed E-state index contributed by atoms with van der Waals surface area (Å²) in [6.45, 7) is 5.26. The molecule has 0 aromatic heterocycles. The lowest BCUT2D eigenvalue weighted by molar-refractivity contribution is 0.166. The van der Waals surface area contributed by atoms with E-state index in [1.54, 1.807) is 0 Å². The van der Waals surface area contributed by atoms with E-state index in [0.717, 1.165) is 19.6 Å². The predicted molar refractivity (Wildman–Crippen MR) is 83.8 cm³/mol. The Bertz CT molecular complexity index is 425. The first-order valence-electron chi connectivity index (χ1n) is 6.94. The SMILES string of the molecule is Cc1ccc(N2CCCC(N(C)CCO)C2)c(Br)c1. The van der Waals surface area contributed by atoms with Crippen LogP contribution >= 0.6 is 15.9 Å². The fourth-order valence-corrected chi connectivity index (χ4v) is 3.49. The van der Waals surface area contributed by atoms with Gasteiger partial charge in [0, 0.05) is 30.1 Å². The lowest BCUT2D eigenvalue weighted by atomic mass is 10.0. The lowest BCUT2D eigenvalue weighted by Gasteiger charge is -2.39. The maximum Gasteiger partial charge on any atom is 0.0558 e. The maximum absolute atomic E-state index is 9.06. The Morgan fingerprint density at radius 3 is 2.95 bits per heavy atom. The molecule has 2 rings (SSSR count). The molecule has 4 heteroatoms. The van der Waals surface area contributed by atoms with Crippen LogP contribution in [0.1, 0.15) is 18.4 Å². The minimum Gasteiger partial charge on any atom is -0.395 e. The van der Waals surface area contributed by atoms with Crippen molar-refractivity contribution >= 4 is 21.6 Å². The molecule has 1 atom stereocenters. The highest BCUT2D eigenvalue weighted by molar-refractivity contribution is 9.10. The Morgan fingerprint density at radius 1 is 1.47 bits per heavy atom. The topological polar surface area (TPSA) is 26.7 Å². The molecule has 1 aromatic rings. The molecule has 0 saturated carbocycles. The van der Waals surface area contributed by atoms with Crippen LogP contribution in [-0.4, -0.2) is 49.3 Å². The van der Waals surface area contributed by atoms with Crippen LogP contribution in [0.4, 0.5) is 5.69 Å². The normalized spacial score (nSPS) is 20.1. The van der Waals surface area contributed by atoms with Gasteiger partial charge in [0.1, 0.15) is 0 Å². The van der Waals surface area contributed by atoms with E-state index in [-0.39, 0.29) is 6.61 Å². The molecule has 1 unspecified atom stereocenters. The van der Waals surface area contributed by atoms with Gasteiger partial charge in [0.2, 0.25) is 0 Å². The van der Waals surface area contributed by atoms with Crippen molar-refractivity contribution in [1.82, 2.24) is 4.90 Å². The van der Waals surface area contributed by atoms with Gasteiger partial charge in [0.15, 0.2) is 0 Å². The Morgan fingerprint density at radius 2 is 2.26 bits per heavy atom. The van der Waals surface area contributed by atoms with Crippen LogP contribution in [0.15, 0.2) is 22.7 Å². The van der Waals surface area contributed by atoms with Crippen LogP contribution in [0.25, 0.3) is 0 Å². The van der Waals surface area contributed by atoms with Gasteiger partial charge in [-0.2, -0.15) is 0 Å². The summed E-state index contributed by atoms with van der Waals surface area (Å²) in [5, 5.41) is 9.06. The highest BCUT2D eigenvalue weighted by Crippen LogP contribution is 2.30. The summed E-state index contributed by atoms with van der Waals surface area (Å²) in [5.41, 5.74) is 2.56. The molecule has 0 bridgehead atoms. The van der Waals surface area contributed by atoms with Crippen molar-refractivity contribution in [3.8, 4) is 0 Å². The summed E-state index contributed by atoms with van der Waals surface area (Å²) in [7, 11) is 2.11. The number of benzene rings is 1. The van der Waals surface area contributed by atoms with Crippen molar-refractivity contribution in [2.45, 2.75) is 25.8 Å². The third-order valence-electron chi connectivity index (χ3n) is 3.92. The molecule has 1 N–H and O–H groups in total. The zero-order valence-electron chi connectivity index (χ0n) is 11.8. The summed E-state index contributed by atoms with van der Waals surface area (Å²) >= 11 is 3.68. The number of anilines is 1. The number of rotatable bonds is 4. The Balaban J connectivity index is 2.08. The molecule has 1 heterocycles. The molecule has 106 valence electrons. The molecule has 19 heavy (non-hydrogen) atoms. The molecule has 1 saturated heterocycles. The van der Waals surface area contributed by atoms with Crippen LogP contribution in [0.5, 0.6) is 0 Å². The number of aliphatic hydroxyl groups is 1. The molecule has 1 aliphatic rings. The Kier molecular flexibility index (Phi) is 5.25. The fraction of sp³-hybridized carbons (Fsp3) is 0.600. The van der Waals surface area contributed by atoms with Crippen LogP contribution in [0, 0.1) is 6.92 Å². The van der Waals surface area contributed by atoms with Crippen molar-refractivity contribution in [3.63, 3.8) is 0 Å². The van der Waals surface area contributed by atoms with Crippen molar-refractivity contribution in [3.05, 3.63) is 28.2 Å². The van der Waals surface area contributed by atoms with Gasteiger partial charge < -0.3 is 10.0 Å². The smallest absolute Gasteiger partial charge is 0.0558 e. The number of hydrogen-bond acceptors (Lipinski definition) is 3. The number of aliphatic hydroxyl groups excluding tert-OH is 1. The van der Waals surface area contributed by atoms with E-state index in [9.17, 15) is 0 Å². The third-order valence-corrected chi connectivity index (χ3v) is 4.55. The molecule has 1 aliphatic heterocycles. The molecule has 1 aromatic carbocycles. The summed E-state index contributed by atoms with van der Waals surface area (Å²) in [4.78, 5) is 4.72. The quantitative estimate of drug-likeness (QED) is 0.921. The number of piperidine rings is 1. The van der Waals surface area contributed by atoms with Crippen LogP contribution in [0.3, 0.4) is 0 Å². The maximum atomic E-state index is 9.06. The van der Waals surface area contributed by atoms with E-state index in [1.807, 2.05) is 0 Å². The molecular formula is C15H23BrN2O. The van der Waals surface area contributed by atoms with Crippen LogP contribution in [-0.2, 0) is 0 Å². The highest BCUT2D eigenvalue weighted by Gasteiger charge is 2.24. The van der Waals surface area contributed by atoms with Crippen LogP contribution in [0.2, 0.25) is 0 Å². The molecule has 0 amide bonds. The monoisotopic (exact) mass is 326 g/mol. The van der Waals surface area contributed by atoms with E-state index < -0.39 is 0 Å². The number of nitrogens with zero attached hydrogens (tertiary/aromatic N) is 2. The molecule has 0 aliphatic carbocycles. The van der Waals surface area contributed by atoms with E-state index in [1.165, 1.54) is 28.6 Å².